The number of fused-ring (bicyclic) bond motifs is 1. The monoisotopic (exact) mass is 365 g/mol. The number of hydrogen-bond acceptors (Lipinski definition) is 6. The lowest BCUT2D eigenvalue weighted by molar-refractivity contribution is -0.121. The van der Waals surface area contributed by atoms with Gasteiger partial charge in [0.15, 0.2) is 11.4 Å². The van der Waals surface area contributed by atoms with Gasteiger partial charge in [0.1, 0.15) is 6.61 Å². The molecule has 1 aliphatic rings. The number of carbonyl (C=O) groups is 1. The van der Waals surface area contributed by atoms with E-state index in [1.165, 1.54) is 12.8 Å². The summed E-state index contributed by atoms with van der Waals surface area (Å²) < 4.78 is 7.47. The molecule has 1 aliphatic carbocycles. The molecule has 0 N–H and O–H groups in total. The minimum absolute atomic E-state index is 0.00453. The van der Waals surface area contributed by atoms with Gasteiger partial charge in [-0.3, -0.25) is 19.4 Å². The second-order valence-electron chi connectivity index (χ2n) is 7.24. The molecule has 1 saturated carbocycles. The quantitative estimate of drug-likeness (QED) is 0.640. The summed E-state index contributed by atoms with van der Waals surface area (Å²) in [7, 11) is 1.90. The second-order valence-corrected chi connectivity index (χ2v) is 7.24. The number of pyridine rings is 1. The van der Waals surface area contributed by atoms with E-state index in [0.717, 1.165) is 33.7 Å². The molecule has 0 radical (unpaired) electrons. The fourth-order valence-corrected chi connectivity index (χ4v) is 3.19. The van der Waals surface area contributed by atoms with Crippen molar-refractivity contribution in [2.24, 2.45) is 7.05 Å². The van der Waals surface area contributed by atoms with E-state index in [9.17, 15) is 4.79 Å². The van der Waals surface area contributed by atoms with Crippen molar-refractivity contribution in [1.29, 1.82) is 0 Å². The molecule has 1 fully saturated rings. The number of aromatic nitrogens is 5. The number of aryl methyl sites for hydroxylation is 4. The minimum Gasteiger partial charge on any atom is -0.470 e. The molecule has 7 heteroatoms. The Bertz CT molecular complexity index is 990. The van der Waals surface area contributed by atoms with E-state index in [4.69, 9.17) is 4.74 Å². The maximum Gasteiger partial charge on any atom is 0.215 e. The van der Waals surface area contributed by atoms with Gasteiger partial charge in [-0.05, 0) is 38.7 Å². The average Bonchev–Trinajstić information content (AvgIpc) is 3.44. The summed E-state index contributed by atoms with van der Waals surface area (Å²) in [4.78, 5) is 25.2. The lowest BCUT2D eigenvalue weighted by Crippen LogP contribution is -2.13. The van der Waals surface area contributed by atoms with Crippen LogP contribution in [0.4, 0.5) is 0 Å². The van der Waals surface area contributed by atoms with E-state index in [-0.39, 0.29) is 12.4 Å². The summed E-state index contributed by atoms with van der Waals surface area (Å²) in [5.74, 6) is 1.04. The third kappa shape index (κ3) is 3.82. The Morgan fingerprint density at radius 3 is 2.78 bits per heavy atom. The predicted octanol–water partition coefficient (Wildman–Crippen LogP) is 2.83. The van der Waals surface area contributed by atoms with Gasteiger partial charge in [0.25, 0.3) is 0 Å². The zero-order valence-electron chi connectivity index (χ0n) is 15.9. The fraction of sp³-hybridized carbons (Fsp3) is 0.450. The summed E-state index contributed by atoms with van der Waals surface area (Å²) in [5.41, 5.74) is 4.72. The highest BCUT2D eigenvalue weighted by Crippen LogP contribution is 2.43. The molecule has 0 amide bonds. The Morgan fingerprint density at radius 2 is 2.07 bits per heavy atom. The van der Waals surface area contributed by atoms with Gasteiger partial charge in [-0.25, -0.2) is 0 Å². The molecule has 0 aromatic carbocycles. The first-order valence-corrected chi connectivity index (χ1v) is 9.27. The Morgan fingerprint density at radius 1 is 1.26 bits per heavy atom. The molecular formula is C20H23N5O2. The lowest BCUT2D eigenvalue weighted by atomic mass is 10.1. The SMILES string of the molecule is Cc1cnc(CCC(=O)COc2cc(C)c3c(C4CC4)nn(C)c3n2)cn1. The topological polar surface area (TPSA) is 82.8 Å². The maximum atomic E-state index is 12.2. The molecule has 3 aromatic heterocycles. The summed E-state index contributed by atoms with van der Waals surface area (Å²) in [6.07, 6.45) is 6.75. The van der Waals surface area contributed by atoms with E-state index in [0.29, 0.717) is 24.6 Å². The van der Waals surface area contributed by atoms with Crippen molar-refractivity contribution < 1.29 is 9.53 Å². The first-order valence-electron chi connectivity index (χ1n) is 9.27. The highest BCUT2D eigenvalue weighted by atomic mass is 16.5. The first-order chi connectivity index (χ1) is 13.0. The van der Waals surface area contributed by atoms with Crippen LogP contribution in [0.1, 0.15) is 47.8 Å². The molecule has 27 heavy (non-hydrogen) atoms. The van der Waals surface area contributed by atoms with Crippen molar-refractivity contribution in [2.45, 2.75) is 45.4 Å². The van der Waals surface area contributed by atoms with Crippen molar-refractivity contribution in [3.8, 4) is 5.88 Å². The van der Waals surface area contributed by atoms with Crippen molar-refractivity contribution in [3.05, 3.63) is 41.1 Å². The van der Waals surface area contributed by atoms with Gasteiger partial charge in [0.05, 0.1) is 17.1 Å². The molecule has 0 unspecified atom stereocenters. The van der Waals surface area contributed by atoms with Gasteiger partial charge in [-0.15, -0.1) is 0 Å². The molecule has 7 nitrogen and oxygen atoms in total. The second kappa shape index (κ2) is 7.06. The zero-order valence-corrected chi connectivity index (χ0v) is 15.9. The van der Waals surface area contributed by atoms with Crippen LogP contribution in [0.5, 0.6) is 5.88 Å². The van der Waals surface area contributed by atoms with Gasteiger partial charge in [0.2, 0.25) is 5.88 Å². The van der Waals surface area contributed by atoms with E-state index in [2.05, 4.69) is 20.1 Å². The Balaban J connectivity index is 1.40. The van der Waals surface area contributed by atoms with Crippen molar-refractivity contribution >= 4 is 16.8 Å². The smallest absolute Gasteiger partial charge is 0.215 e. The molecule has 3 heterocycles. The number of ketones is 1. The van der Waals surface area contributed by atoms with Crippen LogP contribution in [0.25, 0.3) is 11.0 Å². The summed E-state index contributed by atoms with van der Waals surface area (Å²) in [6, 6.07) is 1.90. The van der Waals surface area contributed by atoms with Gasteiger partial charge in [-0.1, -0.05) is 0 Å². The van der Waals surface area contributed by atoms with E-state index < -0.39 is 0 Å². The predicted molar refractivity (Wildman–Crippen MR) is 101 cm³/mol. The molecule has 0 atom stereocenters. The number of Topliss-reactive ketones (excluding diaryl/α,β-unsaturated/α-hetero) is 1. The van der Waals surface area contributed by atoms with Crippen LogP contribution < -0.4 is 4.74 Å². The first kappa shape index (κ1) is 17.6. The number of ether oxygens (including phenoxy) is 1. The zero-order chi connectivity index (χ0) is 19.0. The Hall–Kier alpha value is -2.83. The summed E-state index contributed by atoms with van der Waals surface area (Å²) in [5, 5.41) is 5.76. The number of hydrogen-bond donors (Lipinski definition) is 0. The fourth-order valence-electron chi connectivity index (χ4n) is 3.19. The molecule has 0 aliphatic heterocycles. The Labute approximate surface area is 157 Å². The van der Waals surface area contributed by atoms with Crippen LogP contribution in [0.2, 0.25) is 0 Å². The third-order valence-corrected chi connectivity index (χ3v) is 4.83. The summed E-state index contributed by atoms with van der Waals surface area (Å²) >= 11 is 0. The van der Waals surface area contributed by atoms with Crippen LogP contribution in [0.3, 0.4) is 0 Å². The van der Waals surface area contributed by atoms with Gasteiger partial charge < -0.3 is 4.74 Å². The van der Waals surface area contributed by atoms with Crippen LogP contribution in [-0.4, -0.2) is 37.1 Å². The molecule has 140 valence electrons. The lowest BCUT2D eigenvalue weighted by Gasteiger charge is -2.07. The molecule has 3 aromatic rings. The van der Waals surface area contributed by atoms with Crippen LogP contribution in [0.15, 0.2) is 18.5 Å². The van der Waals surface area contributed by atoms with Gasteiger partial charge >= 0.3 is 0 Å². The normalized spacial score (nSPS) is 13.9. The molecule has 0 bridgehead atoms. The van der Waals surface area contributed by atoms with Gasteiger partial charge in [0, 0.05) is 43.2 Å². The van der Waals surface area contributed by atoms with Crippen LogP contribution in [-0.2, 0) is 18.3 Å². The minimum atomic E-state index is 0.00453. The molecule has 4 rings (SSSR count). The number of rotatable bonds is 7. The average molecular weight is 365 g/mol. The number of nitrogens with zero attached hydrogens (tertiary/aromatic N) is 5. The molecule has 0 saturated heterocycles. The molecular weight excluding hydrogens is 342 g/mol. The largest absolute Gasteiger partial charge is 0.470 e. The van der Waals surface area contributed by atoms with E-state index >= 15 is 0 Å². The number of carbonyl (C=O) groups excluding carboxylic acids is 1. The maximum absolute atomic E-state index is 12.2. The van der Waals surface area contributed by atoms with E-state index in [1.807, 2.05) is 27.0 Å². The van der Waals surface area contributed by atoms with E-state index in [1.54, 1.807) is 17.1 Å². The van der Waals surface area contributed by atoms with Crippen LogP contribution >= 0.6 is 0 Å². The standard InChI is InChI=1S/C20H23N5O2/c1-12-8-17(23-20-18(12)19(14-4-5-14)24-25(20)3)27-11-16(26)7-6-15-10-21-13(2)9-22-15/h8-10,14H,4-7,11H2,1-3H3. The van der Waals surface area contributed by atoms with Crippen molar-refractivity contribution in [2.75, 3.05) is 6.61 Å². The van der Waals surface area contributed by atoms with Crippen molar-refractivity contribution in [1.82, 2.24) is 24.7 Å². The highest BCUT2D eigenvalue weighted by Gasteiger charge is 2.30. The van der Waals surface area contributed by atoms with Crippen LogP contribution in [0, 0.1) is 13.8 Å². The highest BCUT2D eigenvalue weighted by molar-refractivity contribution is 5.84. The summed E-state index contributed by atoms with van der Waals surface area (Å²) in [6.45, 7) is 3.93. The third-order valence-electron chi connectivity index (χ3n) is 4.83. The molecule has 0 spiro atoms. The van der Waals surface area contributed by atoms with Gasteiger partial charge in [-0.2, -0.15) is 10.1 Å². The van der Waals surface area contributed by atoms with Crippen molar-refractivity contribution in [3.63, 3.8) is 0 Å². The Kier molecular flexibility index (Phi) is 4.59.